The van der Waals surface area contributed by atoms with E-state index in [4.69, 9.17) is 0 Å². The predicted molar refractivity (Wildman–Crippen MR) is 92.1 cm³/mol. The van der Waals surface area contributed by atoms with Gasteiger partial charge in [0.25, 0.3) is 0 Å². The first-order valence-corrected chi connectivity index (χ1v) is 8.74. The SMILES string of the molecule is CCCn1nccc1-c1cnc(C[C@@H]2CCN(C(C)C)C2)cn1. The van der Waals surface area contributed by atoms with Crippen LogP contribution < -0.4 is 0 Å². The molecule has 1 atom stereocenters. The third kappa shape index (κ3) is 3.78. The minimum Gasteiger partial charge on any atom is -0.301 e. The predicted octanol–water partition coefficient (Wildman–Crippen LogP) is 3.02. The summed E-state index contributed by atoms with van der Waals surface area (Å²) in [6.45, 7) is 10.0. The van der Waals surface area contributed by atoms with Crippen LogP contribution in [0.5, 0.6) is 0 Å². The zero-order valence-electron chi connectivity index (χ0n) is 14.4. The molecule has 2 aromatic heterocycles. The molecule has 2 aromatic rings. The van der Waals surface area contributed by atoms with Crippen molar-refractivity contribution >= 4 is 0 Å². The Hall–Kier alpha value is -1.75. The van der Waals surface area contributed by atoms with Crippen LogP contribution in [0.15, 0.2) is 24.7 Å². The van der Waals surface area contributed by atoms with Crippen molar-refractivity contribution in [3.05, 3.63) is 30.4 Å². The summed E-state index contributed by atoms with van der Waals surface area (Å²) in [5, 5.41) is 4.36. The second-order valence-electron chi connectivity index (χ2n) is 6.78. The first-order valence-electron chi connectivity index (χ1n) is 8.74. The molecule has 1 fully saturated rings. The lowest BCUT2D eigenvalue weighted by Crippen LogP contribution is -2.28. The van der Waals surface area contributed by atoms with Gasteiger partial charge in [-0.05, 0) is 51.6 Å². The van der Waals surface area contributed by atoms with Crippen LogP contribution in [0.25, 0.3) is 11.4 Å². The number of hydrogen-bond acceptors (Lipinski definition) is 4. The maximum absolute atomic E-state index is 4.65. The van der Waals surface area contributed by atoms with Crippen molar-refractivity contribution in [2.45, 2.75) is 52.6 Å². The molecule has 0 N–H and O–H groups in total. The number of aromatic nitrogens is 4. The topological polar surface area (TPSA) is 46.8 Å². The molecule has 0 radical (unpaired) electrons. The van der Waals surface area contributed by atoms with E-state index >= 15 is 0 Å². The molecule has 5 heteroatoms. The Labute approximate surface area is 138 Å². The van der Waals surface area contributed by atoms with Gasteiger partial charge in [0, 0.05) is 31.5 Å². The molecule has 0 spiro atoms. The molecular formula is C18H27N5. The van der Waals surface area contributed by atoms with Gasteiger partial charge in [-0.2, -0.15) is 5.10 Å². The molecule has 0 saturated carbocycles. The average Bonchev–Trinajstić information content (AvgIpc) is 3.18. The van der Waals surface area contributed by atoms with Crippen LogP contribution in [-0.2, 0) is 13.0 Å². The van der Waals surface area contributed by atoms with Gasteiger partial charge < -0.3 is 4.90 Å². The molecule has 0 aliphatic carbocycles. The van der Waals surface area contributed by atoms with Crippen molar-refractivity contribution < 1.29 is 0 Å². The highest BCUT2D eigenvalue weighted by molar-refractivity contribution is 5.52. The third-order valence-electron chi connectivity index (χ3n) is 4.67. The molecule has 1 saturated heterocycles. The molecule has 0 aromatic carbocycles. The Balaban J connectivity index is 1.65. The van der Waals surface area contributed by atoms with E-state index in [1.165, 1.54) is 19.5 Å². The van der Waals surface area contributed by atoms with Crippen LogP contribution in [0.2, 0.25) is 0 Å². The van der Waals surface area contributed by atoms with E-state index in [0.717, 1.165) is 36.5 Å². The summed E-state index contributed by atoms with van der Waals surface area (Å²) < 4.78 is 2.00. The van der Waals surface area contributed by atoms with E-state index in [1.807, 2.05) is 29.3 Å². The van der Waals surface area contributed by atoms with Crippen molar-refractivity contribution in [1.29, 1.82) is 0 Å². The van der Waals surface area contributed by atoms with Crippen molar-refractivity contribution in [1.82, 2.24) is 24.6 Å². The highest BCUT2D eigenvalue weighted by Gasteiger charge is 2.24. The fourth-order valence-corrected chi connectivity index (χ4v) is 3.33. The molecule has 23 heavy (non-hydrogen) atoms. The van der Waals surface area contributed by atoms with E-state index in [0.29, 0.717) is 12.0 Å². The van der Waals surface area contributed by atoms with Crippen LogP contribution in [-0.4, -0.2) is 43.8 Å². The lowest BCUT2D eigenvalue weighted by Gasteiger charge is -2.20. The molecule has 3 rings (SSSR count). The van der Waals surface area contributed by atoms with Gasteiger partial charge in [0.2, 0.25) is 0 Å². The highest BCUT2D eigenvalue weighted by Crippen LogP contribution is 2.22. The average molecular weight is 313 g/mol. The summed E-state index contributed by atoms with van der Waals surface area (Å²) in [6.07, 6.45) is 9.04. The van der Waals surface area contributed by atoms with Gasteiger partial charge in [0.05, 0.1) is 17.6 Å². The summed E-state index contributed by atoms with van der Waals surface area (Å²) in [7, 11) is 0. The first-order chi connectivity index (χ1) is 11.2. The summed E-state index contributed by atoms with van der Waals surface area (Å²) in [5.41, 5.74) is 3.07. The maximum Gasteiger partial charge on any atom is 0.107 e. The van der Waals surface area contributed by atoms with Gasteiger partial charge in [-0.15, -0.1) is 0 Å². The molecule has 1 aliphatic rings. The highest BCUT2D eigenvalue weighted by atomic mass is 15.3. The van der Waals surface area contributed by atoms with Crippen molar-refractivity contribution in [3.63, 3.8) is 0 Å². The van der Waals surface area contributed by atoms with Crippen molar-refractivity contribution in [2.75, 3.05) is 13.1 Å². The van der Waals surface area contributed by atoms with E-state index in [-0.39, 0.29) is 0 Å². The molecule has 0 amide bonds. The lowest BCUT2D eigenvalue weighted by atomic mass is 10.0. The molecule has 5 nitrogen and oxygen atoms in total. The first kappa shape index (κ1) is 16.1. The van der Waals surface area contributed by atoms with E-state index in [9.17, 15) is 0 Å². The van der Waals surface area contributed by atoms with Gasteiger partial charge in [-0.1, -0.05) is 6.92 Å². The Morgan fingerprint density at radius 1 is 1.26 bits per heavy atom. The van der Waals surface area contributed by atoms with Crippen LogP contribution in [0.3, 0.4) is 0 Å². The summed E-state index contributed by atoms with van der Waals surface area (Å²) >= 11 is 0. The Kier molecular flexibility index (Phi) is 5.06. The zero-order valence-corrected chi connectivity index (χ0v) is 14.4. The van der Waals surface area contributed by atoms with Gasteiger partial charge in [0.15, 0.2) is 0 Å². The molecule has 1 aliphatic heterocycles. The van der Waals surface area contributed by atoms with Gasteiger partial charge >= 0.3 is 0 Å². The Morgan fingerprint density at radius 3 is 2.78 bits per heavy atom. The fraction of sp³-hybridized carbons (Fsp3) is 0.611. The second-order valence-corrected chi connectivity index (χ2v) is 6.78. The molecule has 3 heterocycles. The summed E-state index contributed by atoms with van der Waals surface area (Å²) in [6, 6.07) is 2.66. The lowest BCUT2D eigenvalue weighted by molar-refractivity contribution is 0.264. The quantitative estimate of drug-likeness (QED) is 0.822. The normalized spacial score (nSPS) is 18.9. The summed E-state index contributed by atoms with van der Waals surface area (Å²) in [5.74, 6) is 0.711. The van der Waals surface area contributed by atoms with Crippen molar-refractivity contribution in [2.24, 2.45) is 5.92 Å². The third-order valence-corrected chi connectivity index (χ3v) is 4.67. The smallest absolute Gasteiger partial charge is 0.107 e. The number of aryl methyl sites for hydroxylation is 1. The Bertz CT molecular complexity index is 617. The number of hydrogen-bond donors (Lipinski definition) is 0. The minimum absolute atomic E-state index is 0.646. The summed E-state index contributed by atoms with van der Waals surface area (Å²) in [4.78, 5) is 11.8. The molecular weight excluding hydrogens is 286 g/mol. The Morgan fingerprint density at radius 2 is 2.13 bits per heavy atom. The van der Waals surface area contributed by atoms with Crippen molar-refractivity contribution in [3.8, 4) is 11.4 Å². The standard InChI is InChI=1S/C18H27N5/c1-4-8-23-18(5-7-21-23)17-12-19-16(11-20-17)10-15-6-9-22(13-15)14(2)3/h5,7,11-12,14-15H,4,6,8-10,13H2,1-3H3/t15-/m0/s1. The zero-order chi connectivity index (χ0) is 16.2. The monoisotopic (exact) mass is 313 g/mol. The van der Waals surface area contributed by atoms with Crippen LogP contribution in [0, 0.1) is 5.92 Å². The van der Waals surface area contributed by atoms with Gasteiger partial charge in [-0.25, -0.2) is 0 Å². The number of rotatable bonds is 6. The maximum atomic E-state index is 4.65. The van der Waals surface area contributed by atoms with Gasteiger partial charge in [-0.3, -0.25) is 14.6 Å². The largest absolute Gasteiger partial charge is 0.301 e. The van der Waals surface area contributed by atoms with Crippen LogP contribution >= 0.6 is 0 Å². The molecule has 0 bridgehead atoms. The van der Waals surface area contributed by atoms with Crippen LogP contribution in [0.1, 0.15) is 39.3 Å². The second kappa shape index (κ2) is 7.21. The number of nitrogens with zero attached hydrogens (tertiary/aromatic N) is 5. The minimum atomic E-state index is 0.646. The molecule has 0 unspecified atom stereocenters. The number of likely N-dealkylation sites (tertiary alicyclic amines) is 1. The molecule has 124 valence electrons. The van der Waals surface area contributed by atoms with E-state index in [2.05, 4.69) is 40.7 Å². The van der Waals surface area contributed by atoms with Gasteiger partial charge in [0.1, 0.15) is 5.69 Å². The van der Waals surface area contributed by atoms with E-state index < -0.39 is 0 Å². The van der Waals surface area contributed by atoms with E-state index in [1.54, 1.807) is 0 Å². The fourth-order valence-electron chi connectivity index (χ4n) is 3.33. The van der Waals surface area contributed by atoms with Crippen LogP contribution in [0.4, 0.5) is 0 Å².